The number of carbonyl (C=O) groups excluding carboxylic acids is 1. The molecule has 0 spiro atoms. The van der Waals surface area contributed by atoms with Crippen LogP contribution in [-0.4, -0.2) is 17.6 Å². The molecule has 0 saturated carbocycles. The third-order valence-electron chi connectivity index (χ3n) is 2.26. The average Bonchev–Trinajstić information content (AvgIpc) is 2.37. The van der Waals surface area contributed by atoms with E-state index in [4.69, 9.17) is 4.74 Å². The molecule has 0 atom stereocenters. The predicted octanol–water partition coefficient (Wildman–Crippen LogP) is 2.82. The second-order valence-electron chi connectivity index (χ2n) is 3.84. The number of hydrogen-bond donors (Lipinski definition) is 1. The fourth-order valence-corrected chi connectivity index (χ4v) is 1.34. The topological polar surface area (TPSA) is 81.5 Å². The van der Waals surface area contributed by atoms with Gasteiger partial charge in [-0.2, -0.15) is 0 Å². The van der Waals surface area contributed by atoms with Crippen LogP contribution >= 0.6 is 0 Å². The van der Waals surface area contributed by atoms with Crippen LogP contribution in [0.25, 0.3) is 6.08 Å². The maximum Gasteiger partial charge on any atom is 0.412 e. The van der Waals surface area contributed by atoms with E-state index in [0.29, 0.717) is 17.9 Å². The van der Waals surface area contributed by atoms with Gasteiger partial charge in [0.15, 0.2) is 0 Å². The van der Waals surface area contributed by atoms with Crippen molar-refractivity contribution in [2.45, 2.75) is 19.8 Å². The first kappa shape index (κ1) is 14.7. The standard InChI is InChI=1S/C13H16N2O4/c1-2-3-8-14-13(16)19-12-6-4-5-11(10-12)7-9-15(17)18/h4-7,9-10H,2-3,8H2,1H3,(H,14,16). The Labute approximate surface area is 111 Å². The van der Waals surface area contributed by atoms with Gasteiger partial charge in [-0.1, -0.05) is 25.5 Å². The summed E-state index contributed by atoms with van der Waals surface area (Å²) in [6, 6.07) is 6.51. The van der Waals surface area contributed by atoms with Crippen LogP contribution in [0.3, 0.4) is 0 Å². The van der Waals surface area contributed by atoms with Crippen LogP contribution in [0.2, 0.25) is 0 Å². The summed E-state index contributed by atoms with van der Waals surface area (Å²) < 4.78 is 5.05. The van der Waals surface area contributed by atoms with Crippen LogP contribution in [-0.2, 0) is 0 Å². The van der Waals surface area contributed by atoms with Gasteiger partial charge in [-0.15, -0.1) is 0 Å². The highest BCUT2D eigenvalue weighted by atomic mass is 16.6. The van der Waals surface area contributed by atoms with Crippen molar-refractivity contribution in [1.82, 2.24) is 5.32 Å². The first-order valence-corrected chi connectivity index (χ1v) is 5.99. The Morgan fingerprint density at radius 3 is 3.00 bits per heavy atom. The predicted molar refractivity (Wildman–Crippen MR) is 71.4 cm³/mol. The third kappa shape index (κ3) is 6.21. The second-order valence-corrected chi connectivity index (χ2v) is 3.84. The van der Waals surface area contributed by atoms with Gasteiger partial charge in [-0.05, 0) is 24.1 Å². The van der Waals surface area contributed by atoms with Gasteiger partial charge in [0.25, 0.3) is 0 Å². The zero-order chi connectivity index (χ0) is 14.1. The maximum atomic E-state index is 11.4. The van der Waals surface area contributed by atoms with Crippen LogP contribution < -0.4 is 10.1 Å². The quantitative estimate of drug-likeness (QED) is 0.486. The van der Waals surface area contributed by atoms with E-state index in [0.717, 1.165) is 19.0 Å². The molecule has 0 saturated heterocycles. The summed E-state index contributed by atoms with van der Waals surface area (Å²) in [5, 5.41) is 12.8. The molecular weight excluding hydrogens is 248 g/mol. The Morgan fingerprint density at radius 1 is 1.53 bits per heavy atom. The van der Waals surface area contributed by atoms with Gasteiger partial charge in [0.05, 0.1) is 4.92 Å². The highest BCUT2D eigenvalue weighted by Gasteiger charge is 2.03. The Kier molecular flexibility index (Phi) is 6.08. The van der Waals surface area contributed by atoms with E-state index in [9.17, 15) is 14.9 Å². The average molecular weight is 264 g/mol. The molecule has 6 nitrogen and oxygen atoms in total. The molecule has 1 amide bonds. The first-order valence-electron chi connectivity index (χ1n) is 5.99. The first-order chi connectivity index (χ1) is 9.11. The van der Waals surface area contributed by atoms with Crippen LogP contribution in [0, 0.1) is 10.1 Å². The Bertz CT molecular complexity index is 471. The summed E-state index contributed by atoms with van der Waals surface area (Å²) in [7, 11) is 0. The number of nitrogens with one attached hydrogen (secondary N) is 1. The third-order valence-corrected chi connectivity index (χ3v) is 2.26. The summed E-state index contributed by atoms with van der Waals surface area (Å²) in [6.07, 6.45) is 3.52. The molecule has 6 heteroatoms. The molecule has 0 aliphatic heterocycles. The number of nitro groups is 1. The molecule has 0 unspecified atom stereocenters. The smallest absolute Gasteiger partial charge is 0.410 e. The van der Waals surface area contributed by atoms with Crippen molar-refractivity contribution >= 4 is 12.2 Å². The van der Waals surface area contributed by atoms with Crippen molar-refractivity contribution in [3.8, 4) is 5.75 Å². The Balaban J connectivity index is 2.56. The Morgan fingerprint density at radius 2 is 2.32 bits per heavy atom. The van der Waals surface area contributed by atoms with Crippen LogP contribution in [0.15, 0.2) is 30.5 Å². The van der Waals surface area contributed by atoms with Gasteiger partial charge in [0.1, 0.15) is 5.75 Å². The number of benzene rings is 1. The number of unbranched alkanes of at least 4 members (excludes halogenated alkanes) is 1. The molecular formula is C13H16N2O4. The summed E-state index contributed by atoms with van der Waals surface area (Å²) in [6.45, 7) is 2.59. The van der Waals surface area contributed by atoms with Crippen LogP contribution in [0.1, 0.15) is 25.3 Å². The van der Waals surface area contributed by atoms with Gasteiger partial charge in [-0.25, -0.2) is 4.79 Å². The number of nitrogens with zero attached hydrogens (tertiary/aromatic N) is 1. The van der Waals surface area contributed by atoms with Crippen molar-refractivity contribution in [2.24, 2.45) is 0 Å². The lowest BCUT2D eigenvalue weighted by Crippen LogP contribution is -2.27. The monoisotopic (exact) mass is 264 g/mol. The van der Waals surface area contributed by atoms with Gasteiger partial charge >= 0.3 is 6.09 Å². The number of rotatable bonds is 6. The van der Waals surface area contributed by atoms with E-state index in [1.54, 1.807) is 24.3 Å². The molecule has 1 rings (SSSR count). The molecule has 102 valence electrons. The zero-order valence-electron chi connectivity index (χ0n) is 10.7. The SMILES string of the molecule is CCCCNC(=O)Oc1cccc(C=C[N+](=O)[O-])c1. The van der Waals surface area contributed by atoms with Crippen molar-refractivity contribution < 1.29 is 14.5 Å². The van der Waals surface area contributed by atoms with Crippen molar-refractivity contribution in [3.05, 3.63) is 46.1 Å². The minimum Gasteiger partial charge on any atom is -0.410 e. The van der Waals surface area contributed by atoms with E-state index < -0.39 is 11.0 Å². The molecule has 0 fully saturated rings. The van der Waals surface area contributed by atoms with E-state index in [1.165, 1.54) is 6.08 Å². The molecule has 1 aromatic rings. The largest absolute Gasteiger partial charge is 0.412 e. The molecule has 0 radical (unpaired) electrons. The maximum absolute atomic E-state index is 11.4. The van der Waals surface area contributed by atoms with E-state index in [1.807, 2.05) is 6.92 Å². The highest BCUT2D eigenvalue weighted by Crippen LogP contribution is 2.14. The highest BCUT2D eigenvalue weighted by molar-refractivity contribution is 5.70. The number of hydrogen-bond acceptors (Lipinski definition) is 4. The number of amides is 1. The zero-order valence-corrected chi connectivity index (χ0v) is 10.7. The Hall–Kier alpha value is -2.37. The lowest BCUT2D eigenvalue weighted by atomic mass is 10.2. The summed E-state index contributed by atoms with van der Waals surface area (Å²) in [5.41, 5.74) is 0.593. The fourth-order valence-electron chi connectivity index (χ4n) is 1.34. The van der Waals surface area contributed by atoms with Gasteiger partial charge in [-0.3, -0.25) is 10.1 Å². The van der Waals surface area contributed by atoms with Gasteiger partial charge < -0.3 is 10.1 Å². The van der Waals surface area contributed by atoms with Crippen LogP contribution in [0.5, 0.6) is 5.75 Å². The molecule has 0 bridgehead atoms. The van der Waals surface area contributed by atoms with Crippen LogP contribution in [0.4, 0.5) is 4.79 Å². The summed E-state index contributed by atoms with van der Waals surface area (Å²) >= 11 is 0. The fraction of sp³-hybridized carbons (Fsp3) is 0.308. The van der Waals surface area contributed by atoms with Crippen molar-refractivity contribution in [2.75, 3.05) is 6.54 Å². The van der Waals surface area contributed by atoms with Gasteiger partial charge in [0, 0.05) is 12.6 Å². The second kappa shape index (κ2) is 7.86. The minimum absolute atomic E-state index is 0.347. The lowest BCUT2D eigenvalue weighted by molar-refractivity contribution is -0.400. The molecule has 0 heterocycles. The molecule has 1 N–H and O–H groups in total. The van der Waals surface area contributed by atoms with E-state index in [-0.39, 0.29) is 0 Å². The van der Waals surface area contributed by atoms with E-state index in [2.05, 4.69) is 5.32 Å². The van der Waals surface area contributed by atoms with E-state index >= 15 is 0 Å². The molecule has 0 aliphatic rings. The molecule has 1 aromatic carbocycles. The van der Waals surface area contributed by atoms with Crippen molar-refractivity contribution in [1.29, 1.82) is 0 Å². The minimum atomic E-state index is -0.551. The number of ether oxygens (including phenoxy) is 1. The normalized spacial score (nSPS) is 10.4. The van der Waals surface area contributed by atoms with Gasteiger partial charge in [0.2, 0.25) is 6.20 Å². The summed E-state index contributed by atoms with van der Waals surface area (Å²) in [5.74, 6) is 0.347. The molecule has 0 aliphatic carbocycles. The molecule has 0 aromatic heterocycles. The number of carbonyl (C=O) groups is 1. The molecule has 19 heavy (non-hydrogen) atoms. The van der Waals surface area contributed by atoms with Crippen molar-refractivity contribution in [3.63, 3.8) is 0 Å². The summed E-state index contributed by atoms with van der Waals surface area (Å²) in [4.78, 5) is 21.1. The lowest BCUT2D eigenvalue weighted by Gasteiger charge is -2.06.